The summed E-state index contributed by atoms with van der Waals surface area (Å²) in [5.74, 6) is 1.94. The Kier molecular flexibility index (Phi) is 15.7. The maximum absolute atomic E-state index is 12.1. The van der Waals surface area contributed by atoms with Gasteiger partial charge in [-0.15, -0.1) is 0 Å². The fourth-order valence-electron chi connectivity index (χ4n) is 7.34. The minimum atomic E-state index is -0.680. The molecule has 3 rings (SSSR count). The fourth-order valence-corrected chi connectivity index (χ4v) is 7.34. The highest BCUT2D eigenvalue weighted by atomic mass is 16.5. The van der Waals surface area contributed by atoms with Crippen molar-refractivity contribution in [1.29, 1.82) is 0 Å². The SMILES string of the molecule is C=C(CO)C(=O)OCC(COC(=O)C(=C)CO)c1ccc(CCC2CCC(C3CCC(CCCCC)CC3)CC2)c(CC)c1. The van der Waals surface area contributed by atoms with E-state index in [4.69, 9.17) is 9.47 Å². The number of rotatable bonds is 18. The second-order valence-corrected chi connectivity index (χ2v) is 13.4. The third kappa shape index (κ3) is 11.2. The van der Waals surface area contributed by atoms with Gasteiger partial charge in [0.1, 0.15) is 13.2 Å². The predicted octanol–water partition coefficient (Wildman–Crippen LogP) is 7.64. The van der Waals surface area contributed by atoms with Crippen LogP contribution in [-0.4, -0.2) is 48.6 Å². The van der Waals surface area contributed by atoms with Gasteiger partial charge < -0.3 is 19.7 Å². The molecule has 6 nitrogen and oxygen atoms in total. The number of esters is 2. The van der Waals surface area contributed by atoms with Gasteiger partial charge in [0.2, 0.25) is 0 Å². The average Bonchev–Trinajstić information content (AvgIpc) is 3.06. The molecule has 2 aliphatic carbocycles. The average molecular weight is 611 g/mol. The number of benzene rings is 1. The van der Waals surface area contributed by atoms with Crippen molar-refractivity contribution in [3.8, 4) is 0 Å². The van der Waals surface area contributed by atoms with Crippen molar-refractivity contribution in [3.05, 3.63) is 59.2 Å². The van der Waals surface area contributed by atoms with Crippen LogP contribution in [0.3, 0.4) is 0 Å². The first-order chi connectivity index (χ1) is 21.3. The molecule has 0 bridgehead atoms. The van der Waals surface area contributed by atoms with Crippen LogP contribution in [0.2, 0.25) is 0 Å². The highest BCUT2D eigenvalue weighted by Gasteiger charge is 2.31. The van der Waals surface area contributed by atoms with Crippen LogP contribution in [0.15, 0.2) is 42.5 Å². The molecule has 0 heterocycles. The van der Waals surface area contributed by atoms with E-state index >= 15 is 0 Å². The zero-order chi connectivity index (χ0) is 31.9. The van der Waals surface area contributed by atoms with Crippen LogP contribution in [-0.2, 0) is 31.9 Å². The molecular formula is C38H58O6. The Morgan fingerprint density at radius 3 is 1.77 bits per heavy atom. The number of hydrogen-bond acceptors (Lipinski definition) is 6. The Balaban J connectivity index is 1.53. The van der Waals surface area contributed by atoms with E-state index in [-0.39, 0.29) is 24.4 Å². The number of unbranched alkanes of at least 4 members (excludes halogenated alkanes) is 2. The van der Waals surface area contributed by atoms with E-state index in [1.807, 2.05) is 6.07 Å². The van der Waals surface area contributed by atoms with Crippen molar-refractivity contribution in [2.24, 2.45) is 23.7 Å². The van der Waals surface area contributed by atoms with Crippen LogP contribution in [0.4, 0.5) is 0 Å². The highest BCUT2D eigenvalue weighted by Crippen LogP contribution is 2.43. The lowest BCUT2D eigenvalue weighted by Gasteiger charge is -2.38. The molecule has 2 saturated carbocycles. The Hall–Kier alpha value is -2.44. The summed E-state index contributed by atoms with van der Waals surface area (Å²) < 4.78 is 10.8. The van der Waals surface area contributed by atoms with Gasteiger partial charge in [-0.25, -0.2) is 9.59 Å². The number of carbonyl (C=O) groups excluding carboxylic acids is 2. The van der Waals surface area contributed by atoms with Gasteiger partial charge in [0.05, 0.1) is 30.3 Å². The zero-order valence-corrected chi connectivity index (χ0v) is 27.5. The van der Waals surface area contributed by atoms with E-state index in [1.54, 1.807) is 0 Å². The minimum Gasteiger partial charge on any atom is -0.461 e. The second-order valence-electron chi connectivity index (χ2n) is 13.4. The smallest absolute Gasteiger partial charge is 0.335 e. The van der Waals surface area contributed by atoms with Crippen LogP contribution >= 0.6 is 0 Å². The molecule has 6 heteroatoms. The van der Waals surface area contributed by atoms with Crippen LogP contribution in [0, 0.1) is 23.7 Å². The van der Waals surface area contributed by atoms with Crippen LogP contribution in [0.25, 0.3) is 0 Å². The zero-order valence-electron chi connectivity index (χ0n) is 27.5. The number of aryl methyl sites for hydroxylation is 2. The third-order valence-corrected chi connectivity index (χ3v) is 10.4. The summed E-state index contributed by atoms with van der Waals surface area (Å²) in [5, 5.41) is 18.4. The lowest BCUT2D eigenvalue weighted by atomic mass is 9.68. The summed E-state index contributed by atoms with van der Waals surface area (Å²) in [5.41, 5.74) is 3.47. The predicted molar refractivity (Wildman–Crippen MR) is 176 cm³/mol. The largest absolute Gasteiger partial charge is 0.461 e. The molecule has 246 valence electrons. The topological polar surface area (TPSA) is 93.1 Å². The summed E-state index contributed by atoms with van der Waals surface area (Å²) in [6, 6.07) is 6.35. The normalized spacial score (nSPS) is 22.0. The minimum absolute atomic E-state index is 0.0248. The van der Waals surface area contributed by atoms with Gasteiger partial charge in [0, 0.05) is 0 Å². The third-order valence-electron chi connectivity index (χ3n) is 10.4. The van der Waals surface area contributed by atoms with Gasteiger partial charge in [-0.2, -0.15) is 0 Å². The van der Waals surface area contributed by atoms with Crippen LogP contribution in [0.5, 0.6) is 0 Å². The number of aliphatic hydroxyl groups is 2. The van der Waals surface area contributed by atoms with Crippen LogP contribution < -0.4 is 0 Å². The summed E-state index contributed by atoms with van der Waals surface area (Å²) >= 11 is 0. The molecule has 0 unspecified atom stereocenters. The number of aliphatic hydroxyl groups excluding tert-OH is 2. The number of ether oxygens (including phenoxy) is 2. The number of hydrogen-bond donors (Lipinski definition) is 2. The molecule has 2 aliphatic rings. The van der Waals surface area contributed by atoms with Crippen molar-refractivity contribution < 1.29 is 29.3 Å². The van der Waals surface area contributed by atoms with Crippen molar-refractivity contribution in [1.82, 2.24) is 0 Å². The molecule has 44 heavy (non-hydrogen) atoms. The molecular weight excluding hydrogens is 552 g/mol. The summed E-state index contributed by atoms with van der Waals surface area (Å²) in [6.07, 6.45) is 20.1. The molecule has 0 atom stereocenters. The fraction of sp³-hybridized carbons (Fsp3) is 0.684. The maximum atomic E-state index is 12.1. The van der Waals surface area contributed by atoms with Crippen molar-refractivity contribution in [3.63, 3.8) is 0 Å². The van der Waals surface area contributed by atoms with E-state index in [2.05, 4.69) is 39.1 Å². The molecule has 0 spiro atoms. The van der Waals surface area contributed by atoms with E-state index in [1.165, 1.54) is 94.6 Å². The van der Waals surface area contributed by atoms with Crippen molar-refractivity contribution in [2.75, 3.05) is 26.4 Å². The molecule has 1 aromatic carbocycles. The Bertz CT molecular complexity index is 1030. The van der Waals surface area contributed by atoms with Gasteiger partial charge in [0.15, 0.2) is 0 Å². The van der Waals surface area contributed by atoms with E-state index in [0.29, 0.717) is 0 Å². The Morgan fingerprint density at radius 2 is 1.30 bits per heavy atom. The number of carbonyl (C=O) groups is 2. The summed E-state index contributed by atoms with van der Waals surface area (Å²) in [4.78, 5) is 24.3. The lowest BCUT2D eigenvalue weighted by Crippen LogP contribution is -2.26. The summed E-state index contributed by atoms with van der Waals surface area (Å²) in [6.45, 7) is 10.5. The molecule has 2 N–H and O–H groups in total. The van der Waals surface area contributed by atoms with Crippen LogP contribution in [0.1, 0.15) is 120 Å². The van der Waals surface area contributed by atoms with Gasteiger partial charge in [0.25, 0.3) is 0 Å². The first-order valence-electron chi connectivity index (χ1n) is 17.3. The molecule has 0 aromatic heterocycles. The second kappa shape index (κ2) is 19.2. The monoisotopic (exact) mass is 610 g/mol. The molecule has 0 aliphatic heterocycles. The Morgan fingerprint density at radius 1 is 0.773 bits per heavy atom. The quantitative estimate of drug-likeness (QED) is 0.101. The van der Waals surface area contributed by atoms with Gasteiger partial charge in [-0.3, -0.25) is 0 Å². The van der Waals surface area contributed by atoms with E-state index in [9.17, 15) is 19.8 Å². The van der Waals surface area contributed by atoms with E-state index < -0.39 is 31.1 Å². The van der Waals surface area contributed by atoms with Crippen molar-refractivity contribution >= 4 is 11.9 Å². The lowest BCUT2D eigenvalue weighted by molar-refractivity contribution is -0.142. The molecule has 0 radical (unpaired) electrons. The summed E-state index contributed by atoms with van der Waals surface area (Å²) in [7, 11) is 0. The molecule has 2 fully saturated rings. The first kappa shape index (κ1) is 36.0. The first-order valence-corrected chi connectivity index (χ1v) is 17.3. The molecule has 0 saturated heterocycles. The van der Waals surface area contributed by atoms with Crippen molar-refractivity contribution in [2.45, 2.75) is 116 Å². The van der Waals surface area contributed by atoms with Gasteiger partial charge >= 0.3 is 11.9 Å². The molecule has 1 aromatic rings. The van der Waals surface area contributed by atoms with Gasteiger partial charge in [-0.05, 0) is 85.3 Å². The Labute approximate surface area is 266 Å². The van der Waals surface area contributed by atoms with E-state index in [0.717, 1.165) is 42.1 Å². The molecule has 0 amide bonds. The maximum Gasteiger partial charge on any atom is 0.335 e. The highest BCUT2D eigenvalue weighted by molar-refractivity contribution is 5.88. The van der Waals surface area contributed by atoms with Gasteiger partial charge in [-0.1, -0.05) is 96.6 Å². The standard InChI is InChI=1S/C38H58O6/c1-5-7-8-9-29-10-16-33(17-11-29)34-18-13-30(14-19-34)12-15-32-20-21-35(22-31(32)6-2)36(25-43-37(41)27(3)23-39)26-44-38(42)28(4)24-40/h20-22,29-30,33-34,36,39-40H,3-19,23-26H2,1-2H3.